The van der Waals surface area contributed by atoms with Crippen LogP contribution in [0.25, 0.3) is 0 Å². The second-order valence-corrected chi connectivity index (χ2v) is 3.01. The Morgan fingerprint density at radius 2 is 2.38 bits per heavy atom. The van der Waals surface area contributed by atoms with Crippen LogP contribution >= 0.6 is 11.6 Å². The van der Waals surface area contributed by atoms with Crippen molar-refractivity contribution >= 4 is 11.6 Å². The molecule has 1 rings (SSSR count). The molecule has 0 aliphatic heterocycles. The maximum atomic E-state index is 12.7. The monoisotopic (exact) mass is 204 g/mol. The van der Waals surface area contributed by atoms with Crippen LogP contribution < -0.4 is 5.73 Å². The molecule has 1 atom stereocenters. The Bertz CT molecular complexity index is 295. The normalized spacial score (nSPS) is 12.9. The lowest BCUT2D eigenvalue weighted by Crippen LogP contribution is -2.13. The van der Waals surface area contributed by atoms with Crippen molar-refractivity contribution in [2.45, 2.75) is 12.5 Å². The van der Waals surface area contributed by atoms with Crippen molar-refractivity contribution in [2.24, 2.45) is 5.73 Å². The summed E-state index contributed by atoms with van der Waals surface area (Å²) in [6, 6.07) is 0.760. The highest BCUT2D eigenvalue weighted by Crippen LogP contribution is 2.21. The van der Waals surface area contributed by atoms with Gasteiger partial charge in [-0.15, -0.1) is 0 Å². The summed E-state index contributed by atoms with van der Waals surface area (Å²) in [6.07, 6.45) is 1.36. The number of rotatable bonds is 3. The molecule has 3 nitrogen and oxygen atoms in total. The standard InChI is InChI=1S/C8H10ClFN2O/c9-8-6(7(11)1-2-13)3-5(10)4-12-8/h3-4,7,13H,1-2,11H2. The minimum atomic E-state index is -0.479. The highest BCUT2D eigenvalue weighted by Gasteiger charge is 2.11. The maximum Gasteiger partial charge on any atom is 0.141 e. The van der Waals surface area contributed by atoms with Crippen LogP contribution in [-0.4, -0.2) is 16.7 Å². The molecule has 0 aliphatic rings. The number of aliphatic hydroxyl groups is 1. The van der Waals surface area contributed by atoms with Gasteiger partial charge in [-0.2, -0.15) is 0 Å². The summed E-state index contributed by atoms with van der Waals surface area (Å²) >= 11 is 5.69. The van der Waals surface area contributed by atoms with Gasteiger partial charge in [0, 0.05) is 18.2 Å². The molecule has 1 aromatic rings. The minimum Gasteiger partial charge on any atom is -0.396 e. The van der Waals surface area contributed by atoms with E-state index in [4.69, 9.17) is 22.4 Å². The van der Waals surface area contributed by atoms with Crippen molar-refractivity contribution < 1.29 is 9.50 Å². The van der Waals surface area contributed by atoms with Crippen LogP contribution in [0.15, 0.2) is 12.3 Å². The van der Waals surface area contributed by atoms with Crippen molar-refractivity contribution in [3.05, 3.63) is 28.8 Å². The smallest absolute Gasteiger partial charge is 0.141 e. The zero-order valence-corrected chi connectivity index (χ0v) is 7.63. The molecule has 1 unspecified atom stereocenters. The van der Waals surface area contributed by atoms with E-state index in [2.05, 4.69) is 4.98 Å². The Hall–Kier alpha value is -0.710. The summed E-state index contributed by atoms with van der Waals surface area (Å²) in [4.78, 5) is 3.61. The van der Waals surface area contributed by atoms with Crippen LogP contribution in [0.3, 0.4) is 0 Å². The number of hydrogen-bond donors (Lipinski definition) is 2. The van der Waals surface area contributed by atoms with Gasteiger partial charge in [0.15, 0.2) is 0 Å². The van der Waals surface area contributed by atoms with Crippen LogP contribution in [-0.2, 0) is 0 Å². The summed E-state index contributed by atoms with van der Waals surface area (Å²) in [5.74, 6) is -0.479. The quantitative estimate of drug-likeness (QED) is 0.729. The number of aliphatic hydroxyl groups excluding tert-OH is 1. The average Bonchev–Trinajstić information content (AvgIpc) is 2.09. The molecule has 0 bridgehead atoms. The van der Waals surface area contributed by atoms with E-state index in [9.17, 15) is 4.39 Å². The van der Waals surface area contributed by atoms with E-state index in [0.29, 0.717) is 12.0 Å². The molecule has 1 heterocycles. The molecule has 1 aromatic heterocycles. The van der Waals surface area contributed by atoms with Crippen LogP contribution in [0.4, 0.5) is 4.39 Å². The van der Waals surface area contributed by atoms with Crippen molar-refractivity contribution in [1.29, 1.82) is 0 Å². The second-order valence-electron chi connectivity index (χ2n) is 2.65. The lowest BCUT2D eigenvalue weighted by Gasteiger charge is -2.10. The predicted octanol–water partition coefficient (Wildman–Crippen LogP) is 1.26. The van der Waals surface area contributed by atoms with E-state index < -0.39 is 11.9 Å². The lowest BCUT2D eigenvalue weighted by atomic mass is 10.1. The van der Waals surface area contributed by atoms with E-state index in [1.165, 1.54) is 6.07 Å². The minimum absolute atomic E-state index is 0.0615. The third kappa shape index (κ3) is 2.62. The predicted molar refractivity (Wildman–Crippen MR) is 47.8 cm³/mol. The highest BCUT2D eigenvalue weighted by atomic mass is 35.5. The molecule has 13 heavy (non-hydrogen) atoms. The fraction of sp³-hybridized carbons (Fsp3) is 0.375. The number of nitrogens with zero attached hydrogens (tertiary/aromatic N) is 1. The fourth-order valence-corrected chi connectivity index (χ4v) is 1.24. The Morgan fingerprint density at radius 1 is 1.69 bits per heavy atom. The van der Waals surface area contributed by atoms with E-state index in [0.717, 1.165) is 6.20 Å². The molecule has 0 aliphatic carbocycles. The first-order valence-electron chi connectivity index (χ1n) is 3.82. The van der Waals surface area contributed by atoms with Gasteiger partial charge in [0.05, 0.1) is 6.20 Å². The van der Waals surface area contributed by atoms with Gasteiger partial charge in [0.1, 0.15) is 11.0 Å². The van der Waals surface area contributed by atoms with Gasteiger partial charge in [-0.3, -0.25) is 0 Å². The summed E-state index contributed by atoms with van der Waals surface area (Å²) in [6.45, 7) is -0.0615. The highest BCUT2D eigenvalue weighted by molar-refractivity contribution is 6.30. The van der Waals surface area contributed by atoms with E-state index >= 15 is 0 Å². The largest absolute Gasteiger partial charge is 0.396 e. The van der Waals surface area contributed by atoms with Crippen LogP contribution in [0.2, 0.25) is 5.15 Å². The fourth-order valence-electron chi connectivity index (χ4n) is 0.993. The van der Waals surface area contributed by atoms with Gasteiger partial charge in [0.25, 0.3) is 0 Å². The molecule has 0 fully saturated rings. The molecule has 3 N–H and O–H groups in total. The molecule has 0 radical (unpaired) electrons. The van der Waals surface area contributed by atoms with Crippen molar-refractivity contribution in [1.82, 2.24) is 4.98 Å². The van der Waals surface area contributed by atoms with Gasteiger partial charge >= 0.3 is 0 Å². The first-order chi connectivity index (χ1) is 6.15. The van der Waals surface area contributed by atoms with E-state index in [1.54, 1.807) is 0 Å². The molecule has 0 spiro atoms. The Morgan fingerprint density at radius 3 is 3.00 bits per heavy atom. The van der Waals surface area contributed by atoms with Crippen LogP contribution in [0.5, 0.6) is 0 Å². The lowest BCUT2D eigenvalue weighted by molar-refractivity contribution is 0.276. The SMILES string of the molecule is NC(CCO)c1cc(F)cnc1Cl. The molecule has 72 valence electrons. The third-order valence-electron chi connectivity index (χ3n) is 1.67. The molecular formula is C8H10ClFN2O. The number of hydrogen-bond acceptors (Lipinski definition) is 3. The summed E-state index contributed by atoms with van der Waals surface area (Å²) in [5.41, 5.74) is 6.05. The van der Waals surface area contributed by atoms with Gasteiger partial charge in [-0.25, -0.2) is 9.37 Å². The molecule has 0 amide bonds. The number of halogens is 2. The van der Waals surface area contributed by atoms with Gasteiger partial charge < -0.3 is 10.8 Å². The zero-order valence-electron chi connectivity index (χ0n) is 6.87. The molecule has 0 saturated heterocycles. The maximum absolute atomic E-state index is 12.7. The topological polar surface area (TPSA) is 59.1 Å². The van der Waals surface area contributed by atoms with Gasteiger partial charge in [0.2, 0.25) is 0 Å². The number of aromatic nitrogens is 1. The zero-order chi connectivity index (χ0) is 9.84. The Balaban J connectivity index is 2.91. The molecular weight excluding hydrogens is 195 g/mol. The van der Waals surface area contributed by atoms with Crippen LogP contribution in [0.1, 0.15) is 18.0 Å². The Kier molecular flexibility index (Phi) is 3.59. The first kappa shape index (κ1) is 10.4. The molecule has 5 heteroatoms. The van der Waals surface area contributed by atoms with Crippen LogP contribution in [0, 0.1) is 5.82 Å². The van der Waals surface area contributed by atoms with Crippen molar-refractivity contribution in [3.63, 3.8) is 0 Å². The Labute approximate surface area is 80.3 Å². The van der Waals surface area contributed by atoms with Gasteiger partial charge in [-0.1, -0.05) is 11.6 Å². The average molecular weight is 205 g/mol. The third-order valence-corrected chi connectivity index (χ3v) is 1.99. The number of pyridine rings is 1. The molecule has 0 saturated carbocycles. The molecule has 0 aromatic carbocycles. The van der Waals surface area contributed by atoms with E-state index in [1.807, 2.05) is 0 Å². The summed E-state index contributed by atoms with van der Waals surface area (Å²) < 4.78 is 12.7. The second kappa shape index (κ2) is 4.50. The summed E-state index contributed by atoms with van der Waals surface area (Å²) in [5, 5.41) is 8.80. The van der Waals surface area contributed by atoms with Crippen molar-refractivity contribution in [2.75, 3.05) is 6.61 Å². The number of nitrogens with two attached hydrogens (primary N) is 1. The van der Waals surface area contributed by atoms with E-state index in [-0.39, 0.29) is 11.8 Å². The summed E-state index contributed by atoms with van der Waals surface area (Å²) in [7, 11) is 0. The first-order valence-corrected chi connectivity index (χ1v) is 4.20. The van der Waals surface area contributed by atoms with Gasteiger partial charge in [-0.05, 0) is 12.5 Å². The van der Waals surface area contributed by atoms with Crippen molar-refractivity contribution in [3.8, 4) is 0 Å².